The Balaban J connectivity index is 1.98. The Morgan fingerprint density at radius 2 is 2.37 bits per heavy atom. The Morgan fingerprint density at radius 1 is 1.58 bits per heavy atom. The van der Waals surface area contributed by atoms with E-state index < -0.39 is 11.9 Å². The van der Waals surface area contributed by atoms with Crippen molar-refractivity contribution in [3.8, 4) is 0 Å². The summed E-state index contributed by atoms with van der Waals surface area (Å²) in [7, 11) is 2.04. The molecule has 1 aliphatic heterocycles. The van der Waals surface area contributed by atoms with Gasteiger partial charge in [0.05, 0.1) is 5.56 Å². The number of likely N-dealkylation sites (tertiary alicyclic amines) is 1. The average molecular weight is 263 g/mol. The number of hydrogen-bond donors (Lipinski definition) is 2. The van der Waals surface area contributed by atoms with E-state index in [9.17, 15) is 9.59 Å². The standard InChI is InChI=1S/C13H17N3O3/c1-16-6-4-9(8-16)7-15-12(17)11-10(13(18)19)3-2-5-14-11/h2-3,5,9H,4,6-8H2,1H3,(H,15,17)(H,18,19). The molecule has 6 heteroatoms. The van der Waals surface area contributed by atoms with Crippen LogP contribution in [-0.2, 0) is 0 Å². The third-order valence-electron chi connectivity index (χ3n) is 3.29. The van der Waals surface area contributed by atoms with Crippen LogP contribution >= 0.6 is 0 Å². The zero-order chi connectivity index (χ0) is 13.8. The molecule has 0 bridgehead atoms. The number of carboxylic acids is 1. The molecule has 1 aromatic heterocycles. The Hall–Kier alpha value is -1.95. The molecule has 0 aromatic carbocycles. The topological polar surface area (TPSA) is 82.5 Å². The summed E-state index contributed by atoms with van der Waals surface area (Å²) in [4.78, 5) is 29.0. The number of amides is 1. The quantitative estimate of drug-likeness (QED) is 0.824. The predicted molar refractivity (Wildman–Crippen MR) is 69.1 cm³/mol. The molecule has 1 aliphatic rings. The van der Waals surface area contributed by atoms with Crippen LogP contribution in [0.2, 0.25) is 0 Å². The molecule has 1 unspecified atom stereocenters. The maximum atomic E-state index is 12.0. The van der Waals surface area contributed by atoms with Gasteiger partial charge in [-0.05, 0) is 38.1 Å². The number of aromatic carboxylic acids is 1. The molecule has 0 saturated carbocycles. The Morgan fingerprint density at radius 3 is 3.00 bits per heavy atom. The minimum absolute atomic E-state index is 0.0265. The number of carbonyl (C=O) groups excluding carboxylic acids is 1. The van der Waals surface area contributed by atoms with Gasteiger partial charge in [-0.25, -0.2) is 4.79 Å². The van der Waals surface area contributed by atoms with Gasteiger partial charge in [0, 0.05) is 19.3 Å². The molecule has 102 valence electrons. The SMILES string of the molecule is CN1CCC(CNC(=O)c2ncccc2C(=O)O)C1. The van der Waals surface area contributed by atoms with E-state index in [1.165, 1.54) is 18.3 Å². The molecule has 6 nitrogen and oxygen atoms in total. The summed E-state index contributed by atoms with van der Waals surface area (Å²) in [6.07, 6.45) is 2.47. The lowest BCUT2D eigenvalue weighted by Gasteiger charge is -2.12. The summed E-state index contributed by atoms with van der Waals surface area (Å²) < 4.78 is 0. The molecule has 1 amide bonds. The molecular formula is C13H17N3O3. The van der Waals surface area contributed by atoms with E-state index in [-0.39, 0.29) is 11.3 Å². The van der Waals surface area contributed by atoms with E-state index in [0.717, 1.165) is 19.5 Å². The lowest BCUT2D eigenvalue weighted by Crippen LogP contribution is -2.32. The lowest BCUT2D eigenvalue weighted by molar-refractivity contribution is 0.0690. The molecule has 0 aliphatic carbocycles. The monoisotopic (exact) mass is 263 g/mol. The van der Waals surface area contributed by atoms with Crippen LogP contribution in [0, 0.1) is 5.92 Å². The summed E-state index contributed by atoms with van der Waals surface area (Å²) in [5.74, 6) is -1.14. The van der Waals surface area contributed by atoms with Crippen molar-refractivity contribution in [3.05, 3.63) is 29.6 Å². The fraction of sp³-hybridized carbons (Fsp3) is 0.462. The number of nitrogens with one attached hydrogen (secondary N) is 1. The first kappa shape index (κ1) is 13.5. The van der Waals surface area contributed by atoms with E-state index in [1.54, 1.807) is 0 Å². The number of carboxylic acid groups (broad SMARTS) is 1. The van der Waals surface area contributed by atoms with Crippen molar-refractivity contribution >= 4 is 11.9 Å². The fourth-order valence-electron chi connectivity index (χ4n) is 2.27. The second-order valence-corrected chi connectivity index (χ2v) is 4.83. The first-order valence-electron chi connectivity index (χ1n) is 6.23. The van der Waals surface area contributed by atoms with Crippen LogP contribution in [0.4, 0.5) is 0 Å². The third-order valence-corrected chi connectivity index (χ3v) is 3.29. The number of rotatable bonds is 4. The van der Waals surface area contributed by atoms with Crippen LogP contribution in [-0.4, -0.2) is 53.5 Å². The molecular weight excluding hydrogens is 246 g/mol. The van der Waals surface area contributed by atoms with Crippen LogP contribution < -0.4 is 5.32 Å². The van der Waals surface area contributed by atoms with Crippen molar-refractivity contribution in [2.24, 2.45) is 5.92 Å². The zero-order valence-electron chi connectivity index (χ0n) is 10.8. The molecule has 1 aromatic rings. The minimum Gasteiger partial charge on any atom is -0.478 e. The highest BCUT2D eigenvalue weighted by molar-refractivity contribution is 6.03. The Labute approximate surface area is 111 Å². The maximum absolute atomic E-state index is 12.0. The van der Waals surface area contributed by atoms with Crippen molar-refractivity contribution in [3.63, 3.8) is 0 Å². The van der Waals surface area contributed by atoms with Gasteiger partial charge in [0.1, 0.15) is 5.69 Å². The van der Waals surface area contributed by atoms with Gasteiger partial charge in [-0.3, -0.25) is 9.78 Å². The maximum Gasteiger partial charge on any atom is 0.338 e. The van der Waals surface area contributed by atoms with E-state index >= 15 is 0 Å². The summed E-state index contributed by atoms with van der Waals surface area (Å²) >= 11 is 0. The molecule has 0 spiro atoms. The number of hydrogen-bond acceptors (Lipinski definition) is 4. The van der Waals surface area contributed by atoms with Gasteiger partial charge in [-0.1, -0.05) is 0 Å². The van der Waals surface area contributed by atoms with Crippen molar-refractivity contribution in [2.45, 2.75) is 6.42 Å². The van der Waals surface area contributed by atoms with Crippen LogP contribution in [0.5, 0.6) is 0 Å². The molecule has 2 rings (SSSR count). The van der Waals surface area contributed by atoms with Gasteiger partial charge >= 0.3 is 5.97 Å². The molecule has 2 heterocycles. The number of carbonyl (C=O) groups is 2. The summed E-state index contributed by atoms with van der Waals surface area (Å²) in [5, 5.41) is 11.8. The van der Waals surface area contributed by atoms with Gasteiger partial charge in [0.15, 0.2) is 0 Å². The third kappa shape index (κ3) is 3.29. The van der Waals surface area contributed by atoms with Crippen molar-refractivity contribution in [1.82, 2.24) is 15.2 Å². The second-order valence-electron chi connectivity index (χ2n) is 4.83. The van der Waals surface area contributed by atoms with Gasteiger partial charge in [0.25, 0.3) is 5.91 Å². The Bertz CT molecular complexity index is 490. The van der Waals surface area contributed by atoms with Gasteiger partial charge < -0.3 is 15.3 Å². The average Bonchev–Trinajstić information content (AvgIpc) is 2.81. The van der Waals surface area contributed by atoms with Crippen LogP contribution in [0.15, 0.2) is 18.3 Å². The van der Waals surface area contributed by atoms with E-state index in [1.807, 2.05) is 7.05 Å². The van der Waals surface area contributed by atoms with E-state index in [2.05, 4.69) is 15.2 Å². The highest BCUT2D eigenvalue weighted by Gasteiger charge is 2.22. The van der Waals surface area contributed by atoms with Gasteiger partial charge in [-0.15, -0.1) is 0 Å². The highest BCUT2D eigenvalue weighted by Crippen LogP contribution is 2.13. The van der Waals surface area contributed by atoms with Crippen LogP contribution in [0.3, 0.4) is 0 Å². The highest BCUT2D eigenvalue weighted by atomic mass is 16.4. The molecule has 1 saturated heterocycles. The van der Waals surface area contributed by atoms with Crippen LogP contribution in [0.1, 0.15) is 27.3 Å². The summed E-state index contributed by atoms with van der Waals surface area (Å²) in [5.41, 5.74) is -0.0927. The predicted octanol–water partition coefficient (Wildman–Crippen LogP) is 0.461. The molecule has 1 atom stereocenters. The molecule has 1 fully saturated rings. The number of pyridine rings is 1. The summed E-state index contributed by atoms with van der Waals surface area (Å²) in [6, 6.07) is 2.89. The smallest absolute Gasteiger partial charge is 0.338 e. The number of aromatic nitrogens is 1. The fourth-order valence-corrected chi connectivity index (χ4v) is 2.27. The normalized spacial score (nSPS) is 19.3. The van der Waals surface area contributed by atoms with Crippen LogP contribution in [0.25, 0.3) is 0 Å². The van der Waals surface area contributed by atoms with Crippen molar-refractivity contribution in [2.75, 3.05) is 26.7 Å². The van der Waals surface area contributed by atoms with Crippen molar-refractivity contribution in [1.29, 1.82) is 0 Å². The van der Waals surface area contributed by atoms with Gasteiger partial charge in [-0.2, -0.15) is 0 Å². The first-order valence-corrected chi connectivity index (χ1v) is 6.23. The Kier molecular flexibility index (Phi) is 4.11. The first-order chi connectivity index (χ1) is 9.08. The van der Waals surface area contributed by atoms with E-state index in [0.29, 0.717) is 12.5 Å². The van der Waals surface area contributed by atoms with E-state index in [4.69, 9.17) is 5.11 Å². The summed E-state index contributed by atoms with van der Waals surface area (Å²) in [6.45, 7) is 2.54. The van der Waals surface area contributed by atoms with Gasteiger partial charge in [0.2, 0.25) is 0 Å². The lowest BCUT2D eigenvalue weighted by atomic mass is 10.1. The molecule has 19 heavy (non-hydrogen) atoms. The zero-order valence-corrected chi connectivity index (χ0v) is 10.8. The second kappa shape index (κ2) is 5.79. The minimum atomic E-state index is -1.14. The number of nitrogens with zero attached hydrogens (tertiary/aromatic N) is 2. The van der Waals surface area contributed by atoms with Crippen molar-refractivity contribution < 1.29 is 14.7 Å². The largest absolute Gasteiger partial charge is 0.478 e. The molecule has 0 radical (unpaired) electrons. The molecule has 2 N–H and O–H groups in total.